The largest absolute Gasteiger partial charge is 0.390 e. The predicted molar refractivity (Wildman–Crippen MR) is 53.9 cm³/mol. The highest BCUT2D eigenvalue weighted by Crippen LogP contribution is 2.13. The standard InChI is InChI=1S/C6H14O.C4H7NO2/c1-5(2)6(3,4)7;6-4-2-1-3-5(4)7/h5,7H,1-4H3;7H,1-3H2. The van der Waals surface area contributed by atoms with Crippen molar-refractivity contribution >= 4 is 5.91 Å². The van der Waals surface area contributed by atoms with Crippen LogP contribution >= 0.6 is 0 Å². The van der Waals surface area contributed by atoms with Crippen LogP contribution in [0.1, 0.15) is 40.5 Å². The summed E-state index contributed by atoms with van der Waals surface area (Å²) in [7, 11) is 0. The molecule has 84 valence electrons. The average Bonchev–Trinajstić information content (AvgIpc) is 2.35. The third-order valence-electron chi connectivity index (χ3n) is 2.46. The zero-order chi connectivity index (χ0) is 11.4. The molecular weight excluding hydrogens is 182 g/mol. The highest BCUT2D eigenvalue weighted by molar-refractivity contribution is 5.76. The monoisotopic (exact) mass is 203 g/mol. The molecule has 1 rings (SSSR count). The molecule has 1 fully saturated rings. The van der Waals surface area contributed by atoms with Crippen LogP contribution in [0.4, 0.5) is 0 Å². The van der Waals surface area contributed by atoms with Crippen molar-refractivity contribution in [3.63, 3.8) is 0 Å². The van der Waals surface area contributed by atoms with E-state index in [1.54, 1.807) is 0 Å². The van der Waals surface area contributed by atoms with Gasteiger partial charge in [0.1, 0.15) is 0 Å². The normalized spacial score (nSPS) is 17.1. The Morgan fingerprint density at radius 3 is 1.93 bits per heavy atom. The van der Waals surface area contributed by atoms with Gasteiger partial charge in [0, 0.05) is 13.0 Å². The van der Waals surface area contributed by atoms with Gasteiger partial charge in [-0.25, -0.2) is 5.06 Å². The van der Waals surface area contributed by atoms with Crippen LogP contribution in [0.25, 0.3) is 0 Å². The lowest BCUT2D eigenvalue weighted by molar-refractivity contribution is -0.157. The van der Waals surface area contributed by atoms with Crippen molar-refractivity contribution in [2.75, 3.05) is 6.54 Å². The Labute approximate surface area is 85.5 Å². The van der Waals surface area contributed by atoms with Crippen LogP contribution in [-0.2, 0) is 4.79 Å². The first-order chi connectivity index (χ1) is 6.25. The summed E-state index contributed by atoms with van der Waals surface area (Å²) in [6, 6.07) is 0. The molecule has 0 unspecified atom stereocenters. The third-order valence-corrected chi connectivity index (χ3v) is 2.46. The lowest BCUT2D eigenvalue weighted by Gasteiger charge is -2.21. The van der Waals surface area contributed by atoms with Crippen molar-refractivity contribution in [1.82, 2.24) is 5.06 Å². The van der Waals surface area contributed by atoms with Crippen LogP contribution in [-0.4, -0.2) is 33.4 Å². The molecule has 1 amide bonds. The first-order valence-electron chi connectivity index (χ1n) is 4.96. The third kappa shape index (κ3) is 5.19. The molecule has 0 radical (unpaired) electrons. The van der Waals surface area contributed by atoms with Gasteiger partial charge in [0.15, 0.2) is 0 Å². The van der Waals surface area contributed by atoms with E-state index >= 15 is 0 Å². The van der Waals surface area contributed by atoms with E-state index in [9.17, 15) is 4.79 Å². The maximum Gasteiger partial charge on any atom is 0.245 e. The number of carbonyl (C=O) groups is 1. The van der Waals surface area contributed by atoms with Gasteiger partial charge in [0.05, 0.1) is 5.60 Å². The highest BCUT2D eigenvalue weighted by Gasteiger charge is 2.17. The van der Waals surface area contributed by atoms with E-state index in [0.29, 0.717) is 18.9 Å². The first-order valence-corrected chi connectivity index (χ1v) is 4.96. The van der Waals surface area contributed by atoms with Crippen molar-refractivity contribution < 1.29 is 15.1 Å². The SMILES string of the molecule is CC(C)C(C)(C)O.O=C1CCCN1O. The van der Waals surface area contributed by atoms with Crippen molar-refractivity contribution in [3.05, 3.63) is 0 Å². The molecule has 4 heteroatoms. The van der Waals surface area contributed by atoms with E-state index in [1.807, 2.05) is 27.7 Å². The van der Waals surface area contributed by atoms with Gasteiger partial charge in [0.25, 0.3) is 0 Å². The quantitative estimate of drug-likeness (QED) is 0.633. The number of hydroxylamine groups is 2. The van der Waals surface area contributed by atoms with Crippen LogP contribution in [0.15, 0.2) is 0 Å². The minimum absolute atomic E-state index is 0.153. The van der Waals surface area contributed by atoms with Gasteiger partial charge in [-0.05, 0) is 26.2 Å². The lowest BCUT2D eigenvalue weighted by atomic mass is 9.95. The Morgan fingerprint density at radius 1 is 1.43 bits per heavy atom. The Kier molecular flexibility index (Phi) is 5.08. The molecule has 4 nitrogen and oxygen atoms in total. The Morgan fingerprint density at radius 2 is 1.86 bits per heavy atom. The van der Waals surface area contributed by atoms with Crippen molar-refractivity contribution in [2.24, 2.45) is 5.92 Å². The molecule has 1 saturated heterocycles. The molecule has 14 heavy (non-hydrogen) atoms. The van der Waals surface area contributed by atoms with Crippen LogP contribution in [0.5, 0.6) is 0 Å². The number of aliphatic hydroxyl groups is 1. The van der Waals surface area contributed by atoms with Gasteiger partial charge in [-0.2, -0.15) is 0 Å². The minimum atomic E-state index is -0.500. The number of nitrogens with zero attached hydrogens (tertiary/aromatic N) is 1. The van der Waals surface area contributed by atoms with Crippen LogP contribution < -0.4 is 0 Å². The molecule has 2 N–H and O–H groups in total. The second kappa shape index (κ2) is 5.32. The summed E-state index contributed by atoms with van der Waals surface area (Å²) < 4.78 is 0. The summed E-state index contributed by atoms with van der Waals surface area (Å²) in [6.07, 6.45) is 1.31. The zero-order valence-corrected chi connectivity index (χ0v) is 9.45. The van der Waals surface area contributed by atoms with Crippen LogP contribution in [0, 0.1) is 5.92 Å². The Balaban J connectivity index is 0.000000241. The van der Waals surface area contributed by atoms with Crippen molar-refractivity contribution in [1.29, 1.82) is 0 Å². The molecule has 0 aromatic carbocycles. The average molecular weight is 203 g/mol. The molecule has 1 heterocycles. The van der Waals surface area contributed by atoms with Gasteiger partial charge in [-0.3, -0.25) is 10.0 Å². The number of hydrogen-bond donors (Lipinski definition) is 2. The topological polar surface area (TPSA) is 60.8 Å². The van der Waals surface area contributed by atoms with Crippen LogP contribution in [0.3, 0.4) is 0 Å². The zero-order valence-electron chi connectivity index (χ0n) is 9.45. The van der Waals surface area contributed by atoms with Crippen LogP contribution in [0.2, 0.25) is 0 Å². The highest BCUT2D eigenvalue weighted by atomic mass is 16.5. The fraction of sp³-hybridized carbons (Fsp3) is 0.900. The fourth-order valence-corrected chi connectivity index (χ4v) is 0.634. The van der Waals surface area contributed by atoms with E-state index in [-0.39, 0.29) is 5.91 Å². The summed E-state index contributed by atoms with van der Waals surface area (Å²) in [5, 5.41) is 18.3. The van der Waals surface area contributed by atoms with Crippen molar-refractivity contribution in [3.8, 4) is 0 Å². The number of hydrogen-bond acceptors (Lipinski definition) is 3. The summed E-state index contributed by atoms with van der Waals surface area (Å²) in [5.74, 6) is 0.201. The maximum absolute atomic E-state index is 10.2. The smallest absolute Gasteiger partial charge is 0.245 e. The van der Waals surface area contributed by atoms with E-state index in [2.05, 4.69) is 0 Å². The predicted octanol–water partition coefficient (Wildman–Crippen LogP) is 1.41. The molecule has 0 aliphatic carbocycles. The molecule has 0 saturated carbocycles. The molecule has 0 aromatic rings. The van der Waals surface area contributed by atoms with Gasteiger partial charge < -0.3 is 5.11 Å². The second-order valence-electron chi connectivity index (χ2n) is 4.43. The van der Waals surface area contributed by atoms with E-state index < -0.39 is 5.60 Å². The maximum atomic E-state index is 10.2. The molecule has 1 aliphatic heterocycles. The molecule has 0 spiro atoms. The van der Waals surface area contributed by atoms with Gasteiger partial charge in [-0.1, -0.05) is 13.8 Å². The molecule has 1 aliphatic rings. The van der Waals surface area contributed by atoms with Gasteiger partial charge >= 0.3 is 0 Å². The lowest BCUT2D eigenvalue weighted by Crippen LogP contribution is -2.25. The second-order valence-corrected chi connectivity index (χ2v) is 4.43. The summed E-state index contributed by atoms with van der Waals surface area (Å²) in [6.45, 7) is 8.15. The number of amides is 1. The summed E-state index contributed by atoms with van der Waals surface area (Å²) in [5.41, 5.74) is -0.500. The molecule has 0 bridgehead atoms. The molecular formula is C10H21NO3. The van der Waals surface area contributed by atoms with E-state index in [1.165, 1.54) is 0 Å². The van der Waals surface area contributed by atoms with Gasteiger partial charge in [0.2, 0.25) is 5.91 Å². The first kappa shape index (κ1) is 13.4. The Hall–Kier alpha value is -0.610. The minimum Gasteiger partial charge on any atom is -0.390 e. The fourth-order valence-electron chi connectivity index (χ4n) is 0.634. The molecule has 0 atom stereocenters. The van der Waals surface area contributed by atoms with Gasteiger partial charge in [-0.15, -0.1) is 0 Å². The summed E-state index contributed by atoms with van der Waals surface area (Å²) in [4.78, 5) is 10.2. The molecule has 0 aromatic heterocycles. The van der Waals surface area contributed by atoms with E-state index in [4.69, 9.17) is 10.3 Å². The number of carbonyl (C=O) groups excluding carboxylic acids is 1. The Bertz CT molecular complexity index is 184. The number of rotatable bonds is 1. The van der Waals surface area contributed by atoms with E-state index in [0.717, 1.165) is 11.5 Å². The summed E-state index contributed by atoms with van der Waals surface area (Å²) >= 11 is 0. The van der Waals surface area contributed by atoms with Crippen molar-refractivity contribution in [2.45, 2.75) is 46.1 Å².